The minimum absolute atomic E-state index is 0.194. The van der Waals surface area contributed by atoms with E-state index in [0.717, 1.165) is 24.8 Å². The molecule has 1 spiro atoms. The molecule has 0 unspecified atom stereocenters. The maximum Gasteiger partial charge on any atom is 0.331 e. The van der Waals surface area contributed by atoms with E-state index >= 15 is 0 Å². The summed E-state index contributed by atoms with van der Waals surface area (Å²) in [7, 11) is 0. The quantitative estimate of drug-likeness (QED) is 0.247. The van der Waals surface area contributed by atoms with E-state index in [-0.39, 0.29) is 19.0 Å². The largest absolute Gasteiger partial charge is 0.462 e. The fourth-order valence-electron chi connectivity index (χ4n) is 9.04. The van der Waals surface area contributed by atoms with E-state index in [9.17, 15) is 24.9 Å². The predicted molar refractivity (Wildman–Crippen MR) is 153 cm³/mol. The zero-order chi connectivity index (χ0) is 29.7. The van der Waals surface area contributed by atoms with Gasteiger partial charge in [0.05, 0.1) is 22.7 Å². The van der Waals surface area contributed by atoms with Crippen LogP contribution in [0, 0.1) is 34.0 Å². The van der Waals surface area contributed by atoms with Gasteiger partial charge >= 0.3 is 11.9 Å². The maximum atomic E-state index is 13.2. The second-order valence-electron chi connectivity index (χ2n) is 14.8. The molecular weight excluding hydrogens is 508 g/mol. The molecule has 0 saturated heterocycles. The Morgan fingerprint density at radius 2 is 1.80 bits per heavy atom. The molecule has 2 bridgehead atoms. The zero-order valence-electron chi connectivity index (χ0n) is 25.7. The molecule has 1 heterocycles. The van der Waals surface area contributed by atoms with Crippen LogP contribution in [0.3, 0.4) is 0 Å². The number of ether oxygens (including phenoxy) is 2. The van der Waals surface area contributed by atoms with Gasteiger partial charge in [-0.15, -0.1) is 0 Å². The molecule has 3 aliphatic carbocycles. The van der Waals surface area contributed by atoms with Gasteiger partial charge < -0.3 is 24.8 Å². The third kappa shape index (κ3) is 4.98. The Labute approximate surface area is 240 Å². The Hall–Kier alpha value is -1.70. The van der Waals surface area contributed by atoms with Crippen molar-refractivity contribution in [1.82, 2.24) is 0 Å². The molecule has 0 aromatic rings. The highest BCUT2D eigenvalue weighted by Gasteiger charge is 2.80. The Morgan fingerprint density at radius 1 is 1.10 bits per heavy atom. The van der Waals surface area contributed by atoms with Crippen LogP contribution in [0.15, 0.2) is 23.8 Å². The van der Waals surface area contributed by atoms with Gasteiger partial charge in [0.1, 0.15) is 12.7 Å². The number of carbonyl (C=O) groups is 2. The van der Waals surface area contributed by atoms with Crippen molar-refractivity contribution in [2.24, 2.45) is 34.0 Å². The smallest absolute Gasteiger partial charge is 0.331 e. The number of aliphatic hydroxyl groups excluding tert-OH is 1. The Bertz CT molecular complexity index is 1050. The zero-order valence-corrected chi connectivity index (χ0v) is 25.7. The van der Waals surface area contributed by atoms with Gasteiger partial charge in [0.25, 0.3) is 0 Å². The molecule has 2 saturated carbocycles. The van der Waals surface area contributed by atoms with Crippen molar-refractivity contribution >= 4 is 11.9 Å². The van der Waals surface area contributed by atoms with E-state index < -0.39 is 51.5 Å². The molecule has 1 aliphatic heterocycles. The minimum atomic E-state index is -1.53. The summed E-state index contributed by atoms with van der Waals surface area (Å²) in [4.78, 5) is 24.2. The third-order valence-corrected chi connectivity index (χ3v) is 11.1. The molecule has 0 aromatic heterocycles. The second-order valence-corrected chi connectivity index (χ2v) is 14.8. The van der Waals surface area contributed by atoms with Gasteiger partial charge in [0, 0.05) is 24.3 Å². The SMILES string of the molecule is CC(=O)O[C@@H]1C[C@]2(C)C=C[C@](O)(CC[C@@H](C)CCC(C)C)[C@@]3([C@@H](O)CCC(C)(C)[C@H]13)[C@@]2(O)CCC1=CC(=O)OC1. The molecule has 4 aliphatic rings. The van der Waals surface area contributed by atoms with Crippen LogP contribution in [0.25, 0.3) is 0 Å². The lowest BCUT2D eigenvalue weighted by atomic mass is 9.32. The predicted octanol–water partition coefficient (Wildman–Crippen LogP) is 5.26. The third-order valence-electron chi connectivity index (χ3n) is 11.1. The summed E-state index contributed by atoms with van der Waals surface area (Å²) in [6.45, 7) is 14.4. The van der Waals surface area contributed by atoms with Crippen LogP contribution in [0.5, 0.6) is 0 Å². The monoisotopic (exact) mass is 560 g/mol. The topological polar surface area (TPSA) is 113 Å². The Balaban J connectivity index is 1.86. The molecular formula is C33H52O7. The van der Waals surface area contributed by atoms with Crippen LogP contribution in [0.2, 0.25) is 0 Å². The van der Waals surface area contributed by atoms with Crippen molar-refractivity contribution in [2.45, 2.75) is 130 Å². The lowest BCUT2D eigenvalue weighted by Gasteiger charge is -2.75. The van der Waals surface area contributed by atoms with Crippen molar-refractivity contribution < 1.29 is 34.4 Å². The Morgan fingerprint density at radius 3 is 2.40 bits per heavy atom. The number of esters is 2. The summed E-state index contributed by atoms with van der Waals surface area (Å²) in [5.74, 6) is -0.302. The first-order valence-corrected chi connectivity index (χ1v) is 15.4. The molecule has 0 aromatic carbocycles. The van der Waals surface area contributed by atoms with E-state index in [4.69, 9.17) is 9.47 Å². The first kappa shape index (κ1) is 31.2. The van der Waals surface area contributed by atoms with E-state index in [1.165, 1.54) is 13.0 Å². The van der Waals surface area contributed by atoms with Gasteiger partial charge in [-0.25, -0.2) is 4.79 Å². The van der Waals surface area contributed by atoms with Gasteiger partial charge in [-0.3, -0.25) is 4.79 Å². The van der Waals surface area contributed by atoms with Gasteiger partial charge in [-0.2, -0.15) is 0 Å². The van der Waals surface area contributed by atoms with Crippen molar-refractivity contribution in [1.29, 1.82) is 0 Å². The number of rotatable bonds is 10. The minimum Gasteiger partial charge on any atom is -0.462 e. The molecule has 226 valence electrons. The summed E-state index contributed by atoms with van der Waals surface area (Å²) in [5, 5.41) is 38.2. The van der Waals surface area contributed by atoms with Crippen LogP contribution in [-0.2, 0) is 19.1 Å². The highest BCUT2D eigenvalue weighted by molar-refractivity contribution is 5.85. The van der Waals surface area contributed by atoms with Crippen molar-refractivity contribution in [3.63, 3.8) is 0 Å². The van der Waals surface area contributed by atoms with Crippen LogP contribution >= 0.6 is 0 Å². The summed E-state index contributed by atoms with van der Waals surface area (Å²) in [6.07, 6.45) is 9.12. The van der Waals surface area contributed by atoms with E-state index in [0.29, 0.717) is 43.9 Å². The fourth-order valence-corrected chi connectivity index (χ4v) is 9.04. The molecule has 2 fully saturated rings. The highest BCUT2D eigenvalue weighted by atomic mass is 16.5. The van der Waals surface area contributed by atoms with Crippen molar-refractivity contribution in [3.8, 4) is 0 Å². The van der Waals surface area contributed by atoms with E-state index in [1.54, 1.807) is 0 Å². The lowest BCUT2D eigenvalue weighted by molar-refractivity contribution is -0.355. The summed E-state index contributed by atoms with van der Waals surface area (Å²) >= 11 is 0. The average molecular weight is 561 g/mol. The summed E-state index contributed by atoms with van der Waals surface area (Å²) in [6, 6.07) is 0. The lowest BCUT2D eigenvalue weighted by Crippen LogP contribution is -2.82. The van der Waals surface area contributed by atoms with Crippen molar-refractivity contribution in [3.05, 3.63) is 23.8 Å². The number of carbonyl (C=O) groups excluding carboxylic acids is 2. The number of hydrogen-bond acceptors (Lipinski definition) is 7. The number of fused-ring (bicyclic) bond motifs is 1. The first-order chi connectivity index (χ1) is 18.5. The van der Waals surface area contributed by atoms with Crippen LogP contribution in [0.4, 0.5) is 0 Å². The van der Waals surface area contributed by atoms with Crippen LogP contribution in [-0.4, -0.2) is 57.3 Å². The number of aliphatic hydroxyl groups is 3. The van der Waals surface area contributed by atoms with E-state index in [1.807, 2.05) is 19.1 Å². The van der Waals surface area contributed by atoms with Gasteiger partial charge in [-0.1, -0.05) is 66.5 Å². The highest BCUT2D eigenvalue weighted by Crippen LogP contribution is 2.74. The molecule has 4 rings (SSSR count). The Kier molecular flexibility index (Phi) is 8.48. The fraction of sp³-hybridized carbons (Fsp3) is 0.818. The summed E-state index contributed by atoms with van der Waals surface area (Å²) in [5.41, 5.74) is -4.94. The van der Waals surface area contributed by atoms with Gasteiger partial charge in [-0.05, 0) is 67.8 Å². The van der Waals surface area contributed by atoms with Crippen LogP contribution in [0.1, 0.15) is 106 Å². The summed E-state index contributed by atoms with van der Waals surface area (Å²) < 4.78 is 11.2. The molecule has 0 amide bonds. The molecule has 7 heteroatoms. The molecule has 7 nitrogen and oxygen atoms in total. The van der Waals surface area contributed by atoms with Gasteiger partial charge in [0.2, 0.25) is 0 Å². The molecule has 8 atom stereocenters. The molecule has 0 radical (unpaired) electrons. The van der Waals surface area contributed by atoms with Crippen molar-refractivity contribution in [2.75, 3.05) is 6.61 Å². The van der Waals surface area contributed by atoms with Gasteiger partial charge in [0.15, 0.2) is 0 Å². The van der Waals surface area contributed by atoms with E-state index in [2.05, 4.69) is 34.6 Å². The average Bonchev–Trinajstić information content (AvgIpc) is 3.27. The molecule has 3 N–H and O–H groups in total. The maximum absolute atomic E-state index is 13.2. The standard InChI is InChI=1S/C33H52O7/c1-21(2)8-9-22(3)10-14-31(37)17-16-30(7)19-25(40-23(4)34)28-29(5,6)13-12-26(35)33(28,31)32(30,38)15-11-24-18-27(36)39-20-24/h16-18,21-22,25-26,28,35,37-38H,8-15,19-20H2,1-7H3/t22-,25+,26-,28-,30-,31+,32+,33-/m0/s1. The van der Waals surface area contributed by atoms with Crippen LogP contribution < -0.4 is 0 Å². The number of cyclic esters (lactones) is 1. The second kappa shape index (κ2) is 10.9. The number of hydrogen-bond donors (Lipinski definition) is 3. The molecule has 40 heavy (non-hydrogen) atoms. The normalized spacial score (nSPS) is 40.8. The first-order valence-electron chi connectivity index (χ1n) is 15.4.